The maximum atomic E-state index is 11.1. The first kappa shape index (κ1) is 14.4. The highest BCUT2D eigenvalue weighted by Crippen LogP contribution is 2.21. The maximum absolute atomic E-state index is 11.1. The Morgan fingerprint density at radius 1 is 1.40 bits per heavy atom. The monoisotopic (exact) mass is 293 g/mol. The van der Waals surface area contributed by atoms with E-state index in [1.807, 2.05) is 0 Å². The fourth-order valence-corrected chi connectivity index (χ4v) is 2.29. The Morgan fingerprint density at radius 3 is 2.80 bits per heavy atom. The number of carbonyl (C=O) groups excluding carboxylic acids is 1. The van der Waals surface area contributed by atoms with E-state index in [4.69, 9.17) is 4.74 Å². The van der Waals surface area contributed by atoms with Crippen LogP contribution in [0.25, 0.3) is 11.2 Å². The van der Waals surface area contributed by atoms with Gasteiger partial charge in [0.05, 0.1) is 12.9 Å². The average Bonchev–Trinajstić information content (AvgIpc) is 2.74. The zero-order valence-corrected chi connectivity index (χ0v) is 13.1. The average molecular weight is 293 g/mol. The van der Waals surface area contributed by atoms with Crippen molar-refractivity contribution in [2.75, 3.05) is 11.9 Å². The molecule has 0 saturated heterocycles. The predicted octanol–water partition coefficient (Wildman–Crippen LogP) is 2.03. The van der Waals surface area contributed by atoms with Gasteiger partial charge < -0.3 is 9.72 Å². The summed E-state index contributed by atoms with van der Waals surface area (Å²) in [4.78, 5) is 26.5. The van der Waals surface area contributed by atoms with Crippen molar-refractivity contribution >= 4 is 31.1 Å². The standard InChI is InChI=1S/C12H19N5O2Si/c1-8(18)15-12-16-10-9(13-7-14-10)11(17-12)19-5-6-20(2,3)4/h7H,5-6H2,1-4H3,(H2,13,14,15,16,17,18). The van der Waals surface area contributed by atoms with Crippen molar-refractivity contribution in [3.63, 3.8) is 0 Å². The van der Waals surface area contributed by atoms with Gasteiger partial charge in [-0.25, -0.2) is 4.98 Å². The first-order valence-corrected chi connectivity index (χ1v) is 10.2. The van der Waals surface area contributed by atoms with Crippen LogP contribution in [0.4, 0.5) is 5.95 Å². The molecule has 0 unspecified atom stereocenters. The zero-order chi connectivity index (χ0) is 14.8. The Hall–Kier alpha value is -1.96. The summed E-state index contributed by atoms with van der Waals surface area (Å²) in [5, 5.41) is 2.55. The molecule has 2 aromatic rings. The summed E-state index contributed by atoms with van der Waals surface area (Å²) in [6.45, 7) is 8.85. The van der Waals surface area contributed by atoms with Gasteiger partial charge in [-0.05, 0) is 6.04 Å². The Kier molecular flexibility index (Phi) is 4.03. The van der Waals surface area contributed by atoms with Crippen LogP contribution in [0, 0.1) is 0 Å². The van der Waals surface area contributed by atoms with Crippen LogP contribution in [0.15, 0.2) is 6.33 Å². The number of carbonyl (C=O) groups is 1. The Balaban J connectivity index is 2.21. The van der Waals surface area contributed by atoms with E-state index in [2.05, 4.69) is 44.9 Å². The van der Waals surface area contributed by atoms with Gasteiger partial charge in [-0.1, -0.05) is 19.6 Å². The van der Waals surface area contributed by atoms with Crippen LogP contribution in [-0.2, 0) is 4.79 Å². The van der Waals surface area contributed by atoms with E-state index in [1.54, 1.807) is 0 Å². The largest absolute Gasteiger partial charge is 0.476 e. The van der Waals surface area contributed by atoms with Gasteiger partial charge in [-0.3, -0.25) is 10.1 Å². The van der Waals surface area contributed by atoms with Gasteiger partial charge in [0, 0.05) is 15.0 Å². The van der Waals surface area contributed by atoms with Crippen molar-refractivity contribution in [2.45, 2.75) is 32.6 Å². The molecule has 0 saturated carbocycles. The third-order valence-corrected chi connectivity index (χ3v) is 4.34. The molecule has 0 aliphatic rings. The molecule has 108 valence electrons. The molecule has 0 bridgehead atoms. The first-order valence-electron chi connectivity index (χ1n) is 6.47. The third-order valence-electron chi connectivity index (χ3n) is 2.63. The summed E-state index contributed by atoms with van der Waals surface area (Å²) in [6, 6.07) is 1.03. The fourth-order valence-electron chi connectivity index (χ4n) is 1.58. The number of H-pyrrole nitrogens is 1. The molecular formula is C12H19N5O2Si. The van der Waals surface area contributed by atoms with Crippen LogP contribution >= 0.6 is 0 Å². The van der Waals surface area contributed by atoms with Gasteiger partial charge in [-0.2, -0.15) is 9.97 Å². The Morgan fingerprint density at radius 2 is 2.15 bits per heavy atom. The lowest BCUT2D eigenvalue weighted by molar-refractivity contribution is -0.114. The fraction of sp³-hybridized carbons (Fsp3) is 0.500. The number of amides is 1. The van der Waals surface area contributed by atoms with E-state index >= 15 is 0 Å². The number of hydrogen-bond acceptors (Lipinski definition) is 5. The summed E-state index contributed by atoms with van der Waals surface area (Å²) in [5.41, 5.74) is 1.13. The molecule has 7 nitrogen and oxygen atoms in total. The summed E-state index contributed by atoms with van der Waals surface area (Å²) < 4.78 is 5.74. The summed E-state index contributed by atoms with van der Waals surface area (Å²) in [7, 11) is -1.17. The molecule has 1 amide bonds. The number of hydrogen-bond donors (Lipinski definition) is 2. The predicted molar refractivity (Wildman–Crippen MR) is 79.6 cm³/mol. The number of imidazole rings is 1. The molecular weight excluding hydrogens is 274 g/mol. The molecule has 0 radical (unpaired) electrons. The van der Waals surface area contributed by atoms with Crippen LogP contribution in [0.1, 0.15) is 6.92 Å². The van der Waals surface area contributed by atoms with Crippen molar-refractivity contribution in [2.24, 2.45) is 0 Å². The number of nitrogens with one attached hydrogen (secondary N) is 2. The molecule has 2 N–H and O–H groups in total. The highest BCUT2D eigenvalue weighted by atomic mass is 28.3. The van der Waals surface area contributed by atoms with Gasteiger partial charge in [0.2, 0.25) is 17.7 Å². The topological polar surface area (TPSA) is 92.8 Å². The van der Waals surface area contributed by atoms with Gasteiger partial charge in [-0.15, -0.1) is 0 Å². The molecule has 20 heavy (non-hydrogen) atoms. The lowest BCUT2D eigenvalue weighted by Gasteiger charge is -2.15. The lowest BCUT2D eigenvalue weighted by atomic mass is 10.5. The van der Waals surface area contributed by atoms with Crippen LogP contribution in [-0.4, -0.2) is 40.5 Å². The highest BCUT2D eigenvalue weighted by molar-refractivity contribution is 6.76. The summed E-state index contributed by atoms with van der Waals surface area (Å²) in [6.07, 6.45) is 1.53. The number of fused-ring (bicyclic) bond motifs is 1. The van der Waals surface area contributed by atoms with Gasteiger partial charge in [0.15, 0.2) is 5.65 Å². The molecule has 2 heterocycles. The first-order chi connectivity index (χ1) is 9.35. The molecule has 2 aromatic heterocycles. The number of anilines is 1. The highest BCUT2D eigenvalue weighted by Gasteiger charge is 2.15. The SMILES string of the molecule is CC(=O)Nc1nc(OCC[Si](C)(C)C)c2[nH]cnc2n1. The van der Waals surface area contributed by atoms with Crippen LogP contribution in [0.5, 0.6) is 5.88 Å². The molecule has 0 spiro atoms. The molecule has 0 aromatic carbocycles. The maximum Gasteiger partial charge on any atom is 0.245 e. The number of aromatic amines is 1. The van der Waals surface area contributed by atoms with Gasteiger partial charge >= 0.3 is 0 Å². The Bertz CT molecular complexity index is 620. The van der Waals surface area contributed by atoms with Crippen LogP contribution in [0.2, 0.25) is 25.7 Å². The van der Waals surface area contributed by atoms with Crippen molar-refractivity contribution in [3.8, 4) is 5.88 Å². The molecule has 0 atom stereocenters. The van der Waals surface area contributed by atoms with E-state index in [-0.39, 0.29) is 11.9 Å². The van der Waals surface area contributed by atoms with E-state index in [9.17, 15) is 4.79 Å². The number of aromatic nitrogens is 4. The van der Waals surface area contributed by atoms with Gasteiger partial charge in [0.25, 0.3) is 0 Å². The molecule has 8 heteroatoms. The van der Waals surface area contributed by atoms with Crippen molar-refractivity contribution in [1.29, 1.82) is 0 Å². The third kappa shape index (κ3) is 3.76. The minimum Gasteiger partial charge on any atom is -0.476 e. The molecule has 2 rings (SSSR count). The molecule has 0 fully saturated rings. The van der Waals surface area contributed by atoms with Crippen molar-refractivity contribution < 1.29 is 9.53 Å². The number of ether oxygens (including phenoxy) is 1. The van der Waals surface area contributed by atoms with E-state index < -0.39 is 8.07 Å². The quantitative estimate of drug-likeness (QED) is 0.823. The minimum absolute atomic E-state index is 0.208. The van der Waals surface area contributed by atoms with E-state index in [0.29, 0.717) is 23.7 Å². The normalized spacial score (nSPS) is 11.6. The van der Waals surface area contributed by atoms with Crippen LogP contribution in [0.3, 0.4) is 0 Å². The minimum atomic E-state index is -1.17. The van der Waals surface area contributed by atoms with E-state index in [1.165, 1.54) is 13.3 Å². The Labute approximate surface area is 118 Å². The second-order valence-corrected chi connectivity index (χ2v) is 11.4. The summed E-state index contributed by atoms with van der Waals surface area (Å²) in [5.74, 6) is 0.405. The smallest absolute Gasteiger partial charge is 0.245 e. The van der Waals surface area contributed by atoms with Crippen molar-refractivity contribution in [1.82, 2.24) is 19.9 Å². The second-order valence-electron chi connectivity index (χ2n) is 5.79. The number of rotatable bonds is 5. The number of nitrogens with zero attached hydrogens (tertiary/aromatic N) is 3. The van der Waals surface area contributed by atoms with E-state index in [0.717, 1.165) is 6.04 Å². The second kappa shape index (κ2) is 5.57. The molecule has 0 aliphatic heterocycles. The lowest BCUT2D eigenvalue weighted by Crippen LogP contribution is -2.22. The molecule has 0 aliphatic carbocycles. The van der Waals surface area contributed by atoms with Crippen molar-refractivity contribution in [3.05, 3.63) is 6.33 Å². The zero-order valence-electron chi connectivity index (χ0n) is 12.1. The van der Waals surface area contributed by atoms with Gasteiger partial charge in [0.1, 0.15) is 5.52 Å². The van der Waals surface area contributed by atoms with Crippen LogP contribution < -0.4 is 10.1 Å². The summed E-state index contributed by atoms with van der Waals surface area (Å²) >= 11 is 0.